The van der Waals surface area contributed by atoms with Crippen LogP contribution in [0.1, 0.15) is 53.4 Å². The molecule has 0 spiro atoms. The Labute approximate surface area is 95.5 Å². The molecule has 0 bridgehead atoms. The summed E-state index contributed by atoms with van der Waals surface area (Å²) in [5.41, 5.74) is 2.89. The molecular weight excluding hydrogens is 180 g/mol. The van der Waals surface area contributed by atoms with Crippen LogP contribution in [-0.4, -0.2) is 0 Å². The molecule has 0 fully saturated rings. The second kappa shape index (κ2) is 8.36. The van der Waals surface area contributed by atoms with Gasteiger partial charge in [-0.2, -0.15) is 0 Å². The van der Waals surface area contributed by atoms with Gasteiger partial charge in [-0.3, -0.25) is 0 Å². The third-order valence-corrected chi connectivity index (χ3v) is 2.47. The Kier molecular flexibility index (Phi) is 7.82. The first-order valence-corrected chi connectivity index (χ1v) is 5.81. The fourth-order valence-corrected chi connectivity index (χ4v) is 1.35. The molecule has 0 amide bonds. The summed E-state index contributed by atoms with van der Waals surface area (Å²) >= 11 is 0. The lowest BCUT2D eigenvalue weighted by Crippen LogP contribution is -1.88. The summed E-state index contributed by atoms with van der Waals surface area (Å²) in [6.45, 7) is 8.60. The Bertz CT molecular complexity index is 256. The van der Waals surface area contributed by atoms with Crippen molar-refractivity contribution >= 4 is 0 Å². The van der Waals surface area contributed by atoms with Gasteiger partial charge >= 0.3 is 0 Å². The van der Waals surface area contributed by atoms with Crippen molar-refractivity contribution in [1.82, 2.24) is 0 Å². The van der Waals surface area contributed by atoms with Crippen LogP contribution in [0.25, 0.3) is 0 Å². The molecule has 0 aliphatic rings. The maximum atomic E-state index is 5.32. The van der Waals surface area contributed by atoms with E-state index in [0.717, 1.165) is 19.3 Å². The predicted octanol–water partition coefficient (Wildman–Crippen LogP) is 4.73. The molecule has 0 radical (unpaired) electrons. The van der Waals surface area contributed by atoms with Gasteiger partial charge in [0, 0.05) is 5.92 Å². The normalized spacial score (nSPS) is 13.1. The average Bonchev–Trinajstić information content (AvgIpc) is 2.17. The highest BCUT2D eigenvalue weighted by Crippen LogP contribution is 2.10. The van der Waals surface area contributed by atoms with E-state index >= 15 is 0 Å². The SMILES string of the molecule is C#CC(C)CC/C=C(\C)CCC=C(C)C. The molecule has 0 saturated carbocycles. The first-order valence-electron chi connectivity index (χ1n) is 5.81. The van der Waals surface area contributed by atoms with Crippen LogP contribution in [0.4, 0.5) is 0 Å². The first-order chi connectivity index (χ1) is 7.06. The molecule has 0 aromatic carbocycles. The van der Waals surface area contributed by atoms with Gasteiger partial charge in [-0.15, -0.1) is 12.3 Å². The van der Waals surface area contributed by atoms with Crippen LogP contribution < -0.4 is 0 Å². The first kappa shape index (κ1) is 14.0. The van der Waals surface area contributed by atoms with Crippen LogP contribution in [-0.2, 0) is 0 Å². The highest BCUT2D eigenvalue weighted by molar-refractivity contribution is 5.02. The summed E-state index contributed by atoms with van der Waals surface area (Å²) in [5.74, 6) is 3.17. The van der Waals surface area contributed by atoms with Gasteiger partial charge in [-0.1, -0.05) is 30.2 Å². The molecule has 0 nitrogen and oxygen atoms in total. The van der Waals surface area contributed by atoms with Crippen molar-refractivity contribution in [2.45, 2.75) is 53.4 Å². The van der Waals surface area contributed by atoms with E-state index in [1.54, 1.807) is 0 Å². The molecule has 0 N–H and O–H groups in total. The molecule has 0 heterocycles. The van der Waals surface area contributed by atoms with Crippen molar-refractivity contribution in [3.05, 3.63) is 23.3 Å². The van der Waals surface area contributed by atoms with Gasteiger partial charge in [0.25, 0.3) is 0 Å². The standard InChI is InChI=1S/C15H24/c1-6-14(4)10-8-12-15(5)11-7-9-13(2)3/h1,9,12,14H,7-8,10-11H2,2-5H3/b15-12+. The van der Waals surface area contributed by atoms with E-state index in [1.165, 1.54) is 17.6 Å². The van der Waals surface area contributed by atoms with Crippen LogP contribution in [0.2, 0.25) is 0 Å². The molecule has 0 aromatic heterocycles. The Hall–Kier alpha value is -0.960. The Morgan fingerprint density at radius 1 is 1.20 bits per heavy atom. The highest BCUT2D eigenvalue weighted by atomic mass is 14.0. The number of allylic oxidation sites excluding steroid dienone is 4. The summed E-state index contributed by atoms with van der Waals surface area (Å²) in [6.07, 6.45) is 14.5. The van der Waals surface area contributed by atoms with E-state index < -0.39 is 0 Å². The molecular formula is C15H24. The molecule has 1 atom stereocenters. The fourth-order valence-electron chi connectivity index (χ4n) is 1.35. The smallest absolute Gasteiger partial charge is 0.0174 e. The summed E-state index contributed by atoms with van der Waals surface area (Å²) in [7, 11) is 0. The molecule has 0 rings (SSSR count). The van der Waals surface area contributed by atoms with E-state index in [1.807, 2.05) is 0 Å². The number of terminal acetylenes is 1. The van der Waals surface area contributed by atoms with Gasteiger partial charge < -0.3 is 0 Å². The van der Waals surface area contributed by atoms with Crippen molar-refractivity contribution in [3.63, 3.8) is 0 Å². The number of rotatable bonds is 6. The van der Waals surface area contributed by atoms with Gasteiger partial charge in [-0.25, -0.2) is 0 Å². The van der Waals surface area contributed by atoms with Crippen LogP contribution in [0, 0.1) is 18.3 Å². The topological polar surface area (TPSA) is 0 Å². The lowest BCUT2D eigenvalue weighted by molar-refractivity contribution is 0.677. The molecule has 0 aromatic rings. The second-order valence-corrected chi connectivity index (χ2v) is 4.52. The van der Waals surface area contributed by atoms with Crippen LogP contribution in [0.3, 0.4) is 0 Å². The van der Waals surface area contributed by atoms with Crippen molar-refractivity contribution in [2.75, 3.05) is 0 Å². The Morgan fingerprint density at radius 2 is 1.87 bits per heavy atom. The molecule has 0 aliphatic heterocycles. The third kappa shape index (κ3) is 9.35. The average molecular weight is 204 g/mol. The summed E-state index contributed by atoms with van der Waals surface area (Å²) < 4.78 is 0. The third-order valence-electron chi connectivity index (χ3n) is 2.47. The van der Waals surface area contributed by atoms with Gasteiger partial charge in [0.05, 0.1) is 0 Å². The van der Waals surface area contributed by atoms with Crippen LogP contribution in [0.15, 0.2) is 23.3 Å². The van der Waals surface area contributed by atoms with Gasteiger partial charge in [0.2, 0.25) is 0 Å². The zero-order valence-electron chi connectivity index (χ0n) is 10.6. The number of hydrogen-bond donors (Lipinski definition) is 0. The second-order valence-electron chi connectivity index (χ2n) is 4.52. The molecule has 84 valence electrons. The minimum Gasteiger partial charge on any atom is -0.120 e. The molecule has 0 heteroatoms. The summed E-state index contributed by atoms with van der Waals surface area (Å²) in [4.78, 5) is 0. The molecule has 0 aliphatic carbocycles. The minimum absolute atomic E-state index is 0.409. The van der Waals surface area contributed by atoms with Gasteiger partial charge in [0.1, 0.15) is 0 Å². The van der Waals surface area contributed by atoms with Crippen molar-refractivity contribution in [2.24, 2.45) is 5.92 Å². The van der Waals surface area contributed by atoms with Crippen LogP contribution in [0.5, 0.6) is 0 Å². The zero-order chi connectivity index (χ0) is 11.7. The summed E-state index contributed by atoms with van der Waals surface area (Å²) in [5, 5.41) is 0. The van der Waals surface area contributed by atoms with E-state index in [9.17, 15) is 0 Å². The Balaban J connectivity index is 3.71. The summed E-state index contributed by atoms with van der Waals surface area (Å²) in [6, 6.07) is 0. The minimum atomic E-state index is 0.409. The lowest BCUT2D eigenvalue weighted by Gasteiger charge is -2.02. The van der Waals surface area contributed by atoms with Crippen LogP contribution >= 0.6 is 0 Å². The van der Waals surface area contributed by atoms with Gasteiger partial charge in [-0.05, 0) is 46.5 Å². The van der Waals surface area contributed by atoms with Gasteiger partial charge in [0.15, 0.2) is 0 Å². The predicted molar refractivity (Wildman–Crippen MR) is 69.7 cm³/mol. The van der Waals surface area contributed by atoms with E-state index in [-0.39, 0.29) is 0 Å². The zero-order valence-corrected chi connectivity index (χ0v) is 10.6. The van der Waals surface area contributed by atoms with Crippen molar-refractivity contribution in [3.8, 4) is 12.3 Å². The highest BCUT2D eigenvalue weighted by Gasteiger charge is 1.94. The Morgan fingerprint density at radius 3 is 2.40 bits per heavy atom. The van der Waals surface area contributed by atoms with E-state index in [0.29, 0.717) is 5.92 Å². The number of hydrogen-bond acceptors (Lipinski definition) is 0. The maximum absolute atomic E-state index is 5.32. The largest absolute Gasteiger partial charge is 0.120 e. The molecule has 1 unspecified atom stereocenters. The maximum Gasteiger partial charge on any atom is 0.0174 e. The van der Waals surface area contributed by atoms with Crippen molar-refractivity contribution in [1.29, 1.82) is 0 Å². The monoisotopic (exact) mass is 204 g/mol. The fraction of sp³-hybridized carbons (Fsp3) is 0.600. The van der Waals surface area contributed by atoms with E-state index in [2.05, 4.69) is 45.8 Å². The quantitative estimate of drug-likeness (QED) is 0.433. The van der Waals surface area contributed by atoms with Crippen molar-refractivity contribution < 1.29 is 0 Å². The lowest BCUT2D eigenvalue weighted by atomic mass is 10.0. The molecule has 0 saturated heterocycles. The van der Waals surface area contributed by atoms with E-state index in [4.69, 9.17) is 6.42 Å². The molecule has 15 heavy (non-hydrogen) atoms.